The molecule has 2 N–H and O–H groups in total. The van der Waals surface area contributed by atoms with Gasteiger partial charge >= 0.3 is 5.63 Å². The van der Waals surface area contributed by atoms with E-state index >= 15 is 0 Å². The van der Waals surface area contributed by atoms with Crippen molar-refractivity contribution in [3.05, 3.63) is 104 Å². The van der Waals surface area contributed by atoms with Gasteiger partial charge in [0.1, 0.15) is 6.04 Å². The first-order chi connectivity index (χ1) is 21.8. The van der Waals surface area contributed by atoms with E-state index in [4.69, 9.17) is 9.15 Å². The molecule has 11 heteroatoms. The van der Waals surface area contributed by atoms with E-state index in [1.807, 2.05) is 85.5 Å². The van der Waals surface area contributed by atoms with Crippen LogP contribution in [0.15, 0.2) is 80.4 Å². The van der Waals surface area contributed by atoms with E-state index in [2.05, 4.69) is 31.5 Å². The van der Waals surface area contributed by atoms with Crippen molar-refractivity contribution in [2.45, 2.75) is 39.4 Å². The van der Waals surface area contributed by atoms with Crippen LogP contribution < -0.4 is 16.3 Å². The lowest BCUT2D eigenvalue weighted by Crippen LogP contribution is -2.44. The van der Waals surface area contributed by atoms with Crippen LogP contribution in [0.3, 0.4) is 0 Å². The molecular weight excluding hydrogens is 638 g/mol. The fraction of sp³-hybridized carbons (Fsp3) is 0.353. The SMILES string of the molecule is CCN(Cc1ccccc1)C(=O)C(Cc1ccccc1)Nc1nc2c(Br)cc(CNC(=O)CN3CCOCC3)c(C)c2c(=O)o1. The first kappa shape index (κ1) is 32.3. The second kappa shape index (κ2) is 15.3. The number of benzene rings is 3. The molecule has 0 bridgehead atoms. The summed E-state index contributed by atoms with van der Waals surface area (Å²) in [5, 5.41) is 6.41. The van der Waals surface area contributed by atoms with E-state index < -0.39 is 11.7 Å². The second-order valence-electron chi connectivity index (χ2n) is 11.1. The molecule has 1 aliphatic heterocycles. The van der Waals surface area contributed by atoms with Crippen LogP contribution in [-0.4, -0.2) is 72.0 Å². The molecule has 45 heavy (non-hydrogen) atoms. The van der Waals surface area contributed by atoms with Crippen molar-refractivity contribution in [2.24, 2.45) is 0 Å². The molecule has 3 aromatic carbocycles. The summed E-state index contributed by atoms with van der Waals surface area (Å²) in [7, 11) is 0. The third kappa shape index (κ3) is 8.36. The largest absolute Gasteiger partial charge is 0.389 e. The number of aryl methyl sites for hydroxylation is 1. The molecule has 1 aromatic heterocycles. The molecule has 2 amide bonds. The Hall–Kier alpha value is -4.06. The molecule has 10 nitrogen and oxygen atoms in total. The third-order valence-electron chi connectivity index (χ3n) is 7.96. The smallest absolute Gasteiger partial charge is 0.348 e. The number of halogens is 1. The van der Waals surface area contributed by atoms with E-state index in [0.717, 1.165) is 29.8 Å². The molecule has 0 aliphatic carbocycles. The fourth-order valence-electron chi connectivity index (χ4n) is 5.44. The zero-order valence-electron chi connectivity index (χ0n) is 25.6. The van der Waals surface area contributed by atoms with E-state index in [0.29, 0.717) is 60.2 Å². The number of morpholine rings is 1. The van der Waals surface area contributed by atoms with Crippen molar-refractivity contribution in [1.82, 2.24) is 20.1 Å². The zero-order chi connectivity index (χ0) is 31.8. The summed E-state index contributed by atoms with van der Waals surface area (Å²) in [6.45, 7) is 7.94. The Labute approximate surface area is 270 Å². The van der Waals surface area contributed by atoms with Crippen molar-refractivity contribution in [3.63, 3.8) is 0 Å². The number of likely N-dealkylation sites (N-methyl/N-ethyl adjacent to an activating group) is 1. The van der Waals surface area contributed by atoms with Gasteiger partial charge in [0.15, 0.2) is 0 Å². The molecule has 5 rings (SSSR count). The standard InChI is InChI=1S/C34H38BrN5O5/c1-3-40(21-25-12-8-5-9-13-25)32(42)28(18-24-10-6-4-7-11-24)37-34-38-31-27(35)19-26(23(2)30(31)33(43)45-34)20-36-29(41)22-39-14-16-44-17-15-39/h4-13,19,28H,3,14-18,20-22H2,1-2H3,(H,36,41)(H,37,38). The number of ether oxygens (including phenoxy) is 1. The number of aromatic nitrogens is 1. The summed E-state index contributed by atoms with van der Waals surface area (Å²) in [5.74, 6) is -0.229. The predicted molar refractivity (Wildman–Crippen MR) is 177 cm³/mol. The van der Waals surface area contributed by atoms with Gasteiger partial charge in [-0.05, 0) is 58.1 Å². The number of amides is 2. The second-order valence-corrected chi connectivity index (χ2v) is 11.9. The van der Waals surface area contributed by atoms with Crippen LogP contribution in [0.1, 0.15) is 29.2 Å². The van der Waals surface area contributed by atoms with Gasteiger partial charge in [0.05, 0.1) is 30.7 Å². The maximum atomic E-state index is 13.9. The molecule has 1 fully saturated rings. The normalized spacial score (nSPS) is 14.2. The van der Waals surface area contributed by atoms with Gasteiger partial charge in [0.25, 0.3) is 6.01 Å². The monoisotopic (exact) mass is 675 g/mol. The number of carbonyl (C=O) groups excluding carboxylic acids is 2. The molecular formula is C34H38BrN5O5. The van der Waals surface area contributed by atoms with E-state index in [1.165, 1.54) is 0 Å². The number of fused-ring (bicyclic) bond motifs is 1. The average molecular weight is 677 g/mol. The topological polar surface area (TPSA) is 117 Å². The molecule has 1 unspecified atom stereocenters. The minimum atomic E-state index is -0.731. The van der Waals surface area contributed by atoms with Crippen molar-refractivity contribution in [3.8, 4) is 0 Å². The fourth-order valence-corrected chi connectivity index (χ4v) is 6.00. The van der Waals surface area contributed by atoms with Gasteiger partial charge < -0.3 is 24.7 Å². The van der Waals surface area contributed by atoms with Crippen LogP contribution in [0.4, 0.5) is 6.01 Å². The number of nitrogens with one attached hydrogen (secondary N) is 2. The third-order valence-corrected chi connectivity index (χ3v) is 8.57. The maximum absolute atomic E-state index is 13.9. The van der Waals surface area contributed by atoms with Crippen molar-refractivity contribution in [2.75, 3.05) is 44.7 Å². The summed E-state index contributed by atoms with van der Waals surface area (Å²) in [6.07, 6.45) is 0.373. The molecule has 1 saturated heterocycles. The number of hydrogen-bond donors (Lipinski definition) is 2. The highest BCUT2D eigenvalue weighted by molar-refractivity contribution is 9.10. The summed E-state index contributed by atoms with van der Waals surface area (Å²) >= 11 is 3.58. The molecule has 2 heterocycles. The Balaban J connectivity index is 1.37. The highest BCUT2D eigenvalue weighted by Crippen LogP contribution is 2.28. The maximum Gasteiger partial charge on any atom is 0.348 e. The van der Waals surface area contributed by atoms with Gasteiger partial charge in [0.2, 0.25) is 11.8 Å². The van der Waals surface area contributed by atoms with Crippen LogP contribution >= 0.6 is 15.9 Å². The number of hydrogen-bond acceptors (Lipinski definition) is 8. The highest BCUT2D eigenvalue weighted by Gasteiger charge is 2.26. The van der Waals surface area contributed by atoms with Gasteiger partial charge in [-0.2, -0.15) is 4.98 Å². The Kier molecular flexibility index (Phi) is 11.0. The summed E-state index contributed by atoms with van der Waals surface area (Å²) in [4.78, 5) is 48.4. The van der Waals surface area contributed by atoms with Crippen LogP contribution in [-0.2, 0) is 33.8 Å². The number of nitrogens with zero attached hydrogens (tertiary/aromatic N) is 3. The van der Waals surface area contributed by atoms with Gasteiger partial charge in [-0.1, -0.05) is 60.7 Å². The molecule has 236 valence electrons. The minimum absolute atomic E-state index is 0.0378. The van der Waals surface area contributed by atoms with Gasteiger partial charge in [-0.15, -0.1) is 0 Å². The van der Waals surface area contributed by atoms with Gasteiger partial charge in [-0.25, -0.2) is 4.79 Å². The lowest BCUT2D eigenvalue weighted by Gasteiger charge is -2.27. The average Bonchev–Trinajstić information content (AvgIpc) is 3.05. The first-order valence-corrected chi connectivity index (χ1v) is 15.9. The summed E-state index contributed by atoms with van der Waals surface area (Å²) < 4.78 is 11.6. The Morgan fingerprint density at radius 2 is 1.71 bits per heavy atom. The molecule has 0 saturated carbocycles. The van der Waals surface area contributed by atoms with Crippen molar-refractivity contribution >= 4 is 44.7 Å². The molecule has 4 aromatic rings. The van der Waals surface area contributed by atoms with Gasteiger partial charge in [0, 0.05) is 43.6 Å². The van der Waals surface area contributed by atoms with E-state index in [1.54, 1.807) is 4.90 Å². The minimum Gasteiger partial charge on any atom is -0.389 e. The lowest BCUT2D eigenvalue weighted by molar-refractivity contribution is -0.132. The van der Waals surface area contributed by atoms with Crippen molar-refractivity contribution in [1.29, 1.82) is 0 Å². The predicted octanol–water partition coefficient (Wildman–Crippen LogP) is 4.28. The summed E-state index contributed by atoms with van der Waals surface area (Å²) in [6, 6.07) is 20.6. The van der Waals surface area contributed by atoms with Crippen LogP contribution in [0.2, 0.25) is 0 Å². The Morgan fingerprint density at radius 3 is 2.38 bits per heavy atom. The summed E-state index contributed by atoms with van der Waals surface area (Å²) in [5.41, 5.74) is 3.26. The Morgan fingerprint density at radius 1 is 1.04 bits per heavy atom. The lowest BCUT2D eigenvalue weighted by atomic mass is 10.0. The number of rotatable bonds is 12. The molecule has 0 radical (unpaired) electrons. The van der Waals surface area contributed by atoms with Gasteiger partial charge in [-0.3, -0.25) is 14.5 Å². The molecule has 0 spiro atoms. The van der Waals surface area contributed by atoms with E-state index in [-0.39, 0.29) is 24.4 Å². The van der Waals surface area contributed by atoms with Crippen LogP contribution in [0.5, 0.6) is 0 Å². The van der Waals surface area contributed by atoms with Crippen LogP contribution in [0, 0.1) is 6.92 Å². The zero-order valence-corrected chi connectivity index (χ0v) is 27.1. The molecule has 1 atom stereocenters. The molecule has 1 aliphatic rings. The quantitative estimate of drug-likeness (QED) is 0.229. The number of carbonyl (C=O) groups is 2. The van der Waals surface area contributed by atoms with Crippen LogP contribution in [0.25, 0.3) is 10.9 Å². The van der Waals surface area contributed by atoms with E-state index in [9.17, 15) is 14.4 Å². The first-order valence-electron chi connectivity index (χ1n) is 15.1. The highest BCUT2D eigenvalue weighted by atomic mass is 79.9. The Bertz CT molecular complexity index is 1680. The van der Waals surface area contributed by atoms with Crippen molar-refractivity contribution < 1.29 is 18.7 Å². The number of anilines is 1.